The molecule has 3 N–H and O–H groups in total. The average Bonchev–Trinajstić information content (AvgIpc) is 3.90. The number of hydrogen-bond acceptors (Lipinski definition) is 13. The van der Waals surface area contributed by atoms with Gasteiger partial charge >= 0.3 is 12.1 Å². The highest BCUT2D eigenvalue weighted by Crippen LogP contribution is 2.45. The summed E-state index contributed by atoms with van der Waals surface area (Å²) in [4.78, 5) is 57.8. The lowest BCUT2D eigenvalue weighted by molar-refractivity contribution is -0.156. The lowest BCUT2D eigenvalue weighted by atomic mass is 9.84. The summed E-state index contributed by atoms with van der Waals surface area (Å²) in [5.74, 6) is -1.11. The van der Waals surface area contributed by atoms with E-state index >= 15 is 13.2 Å². The fourth-order valence-electron chi connectivity index (χ4n) is 12.8. The van der Waals surface area contributed by atoms with E-state index in [1.165, 1.54) is 22.4 Å². The molecule has 2 aromatic heterocycles. The minimum Gasteiger partial charge on any atom is -0.464 e. The van der Waals surface area contributed by atoms with Gasteiger partial charge in [-0.1, -0.05) is 27.7 Å². The molecule has 7 aliphatic rings. The highest BCUT2D eigenvalue weighted by Gasteiger charge is 2.46. The van der Waals surface area contributed by atoms with E-state index in [1.54, 1.807) is 13.2 Å². The first kappa shape index (κ1) is 51.9. The Balaban J connectivity index is 1.04. The number of morpholine rings is 1. The number of carbonyl (C=O) groups excluding carboxylic acids is 3. The van der Waals surface area contributed by atoms with E-state index in [0.29, 0.717) is 78.5 Å². The molecule has 0 unspecified atom stereocenters. The lowest BCUT2D eigenvalue weighted by Gasteiger charge is -2.39. The van der Waals surface area contributed by atoms with Gasteiger partial charge < -0.3 is 39.2 Å². The fourth-order valence-corrected chi connectivity index (χ4v) is 12.8. The number of piperazine rings is 1. The summed E-state index contributed by atoms with van der Waals surface area (Å²) in [6.07, 6.45) is 2.11. The highest BCUT2D eigenvalue weighted by atomic mass is 19.4. The van der Waals surface area contributed by atoms with Crippen LogP contribution in [-0.2, 0) is 41.6 Å². The number of fused-ring (bicyclic) bond motifs is 6. The van der Waals surface area contributed by atoms with Crippen molar-refractivity contribution in [1.29, 1.82) is 0 Å². The number of anilines is 2. The molecule has 1 spiro atoms. The third-order valence-corrected chi connectivity index (χ3v) is 16.8. The maximum absolute atomic E-state index is 15.1. The average molecular weight is 1020 g/mol. The Morgan fingerprint density at radius 3 is 2.49 bits per heavy atom. The van der Waals surface area contributed by atoms with Crippen LogP contribution in [0.2, 0.25) is 0 Å². The Kier molecular flexibility index (Phi) is 14.9. The molecular formula is C54H77F3N10O6. The van der Waals surface area contributed by atoms with E-state index in [9.17, 15) is 14.4 Å². The van der Waals surface area contributed by atoms with Crippen LogP contribution in [0.3, 0.4) is 0 Å². The number of aromatic nitrogens is 2. The zero-order valence-electron chi connectivity index (χ0n) is 43.7. The molecule has 6 bridgehead atoms. The fraction of sp³-hybridized carbons (Fsp3) is 0.704. The number of likely N-dealkylation sites (tertiary alicyclic amines) is 1. The van der Waals surface area contributed by atoms with Crippen molar-refractivity contribution in [1.82, 2.24) is 40.4 Å². The van der Waals surface area contributed by atoms with Crippen LogP contribution in [0.1, 0.15) is 96.9 Å². The van der Waals surface area contributed by atoms with Gasteiger partial charge in [0.2, 0.25) is 5.91 Å². The van der Waals surface area contributed by atoms with Crippen LogP contribution in [0.25, 0.3) is 22.2 Å². The molecule has 73 heavy (non-hydrogen) atoms. The molecule has 16 nitrogen and oxygen atoms in total. The molecule has 6 fully saturated rings. The number of methoxy groups -OCH3 is 1. The smallest absolute Gasteiger partial charge is 0.406 e. The topological polar surface area (TPSA) is 149 Å². The van der Waals surface area contributed by atoms with Gasteiger partial charge in [0.05, 0.1) is 54.7 Å². The van der Waals surface area contributed by atoms with Gasteiger partial charge in [0, 0.05) is 106 Å². The standard InChI is InChI=1S/C54H77F3N10O6/c1-34(2)47(65-17-14-53(31-65)13-15-58-30-53)49(68)60-44-26-39-29-64(22-23-72-39)37-11-12-45-40(24-37)42(27-52(4,5)33-73-51(70)43-8-7-16-67(61-43)50(44)69)48(66(45)32-54(55,56)57)41-25-38(28-59-46(41)35(3)71-6)63-20-18-62(19-21-63)36-9-10-36/h11-12,24-25,28,34-36,39,43-44,47,58,61H,7-10,13-23,26-27,29-33H2,1-6H3,(H,60,68)/t35-,39-,43-,44-,47-,53-/m0/s1. The second-order valence-electron chi connectivity index (χ2n) is 23.3. The minimum atomic E-state index is -4.58. The predicted octanol–water partition coefficient (Wildman–Crippen LogP) is 5.67. The summed E-state index contributed by atoms with van der Waals surface area (Å²) in [5.41, 5.74) is 6.81. The Morgan fingerprint density at radius 1 is 0.986 bits per heavy atom. The van der Waals surface area contributed by atoms with Crippen LogP contribution in [0, 0.1) is 16.7 Å². The molecule has 5 saturated heterocycles. The first-order valence-electron chi connectivity index (χ1n) is 27.0. The molecule has 1 aromatic carbocycles. The van der Waals surface area contributed by atoms with Gasteiger partial charge in [-0.05, 0) is 106 Å². The van der Waals surface area contributed by atoms with Crippen molar-refractivity contribution in [2.24, 2.45) is 16.7 Å². The molecule has 6 atom stereocenters. The second kappa shape index (κ2) is 20.9. The number of nitrogens with zero attached hydrogens (tertiary/aromatic N) is 7. The number of halogens is 3. The van der Waals surface area contributed by atoms with Crippen molar-refractivity contribution in [3.8, 4) is 11.3 Å². The summed E-state index contributed by atoms with van der Waals surface area (Å²) in [7, 11) is 1.58. The number of rotatable bonds is 10. The number of esters is 1. The maximum Gasteiger partial charge on any atom is 0.406 e. The van der Waals surface area contributed by atoms with Gasteiger partial charge in [-0.25, -0.2) is 5.43 Å². The van der Waals surface area contributed by atoms with Crippen molar-refractivity contribution in [3.63, 3.8) is 0 Å². The van der Waals surface area contributed by atoms with Gasteiger partial charge in [-0.3, -0.25) is 34.2 Å². The number of cyclic esters (lactones) is 1. The Hall–Kier alpha value is -4.53. The summed E-state index contributed by atoms with van der Waals surface area (Å²) >= 11 is 0. The van der Waals surface area contributed by atoms with Crippen LogP contribution in [0.4, 0.5) is 24.5 Å². The molecule has 6 aliphatic heterocycles. The molecule has 1 aliphatic carbocycles. The zero-order valence-corrected chi connectivity index (χ0v) is 43.7. The molecule has 19 heteroatoms. The Morgan fingerprint density at radius 2 is 1.78 bits per heavy atom. The lowest BCUT2D eigenvalue weighted by Crippen LogP contribution is -2.62. The number of nitrogens with one attached hydrogen (secondary N) is 3. The normalized spacial score (nSPS) is 27.7. The highest BCUT2D eigenvalue weighted by molar-refractivity contribution is 5.95. The molecule has 400 valence electrons. The summed E-state index contributed by atoms with van der Waals surface area (Å²) in [6, 6.07) is 6.03. The first-order chi connectivity index (χ1) is 34.9. The van der Waals surface area contributed by atoms with Crippen LogP contribution < -0.4 is 25.9 Å². The number of benzene rings is 1. The third-order valence-electron chi connectivity index (χ3n) is 16.8. The van der Waals surface area contributed by atoms with Crippen LogP contribution >= 0.6 is 0 Å². The largest absolute Gasteiger partial charge is 0.464 e. The summed E-state index contributed by atoms with van der Waals surface area (Å²) in [6.45, 7) is 17.0. The predicted molar refractivity (Wildman–Crippen MR) is 273 cm³/mol. The SMILES string of the molecule is CO[C@@H](C)c1ncc(N2CCN(C3CC3)CC2)cc1-c1c2c3cc(ccc3n1CC(F)(F)F)N1CCO[C@@H](C[C@H](NC(=O)[C@H](C(C)C)N3CC[C@]4(CCNC4)C3)C(=O)N3CCC[C@H](N3)C(=O)OCC(C)(C)C2)C1. The van der Waals surface area contributed by atoms with Gasteiger partial charge in [-0.15, -0.1) is 0 Å². The van der Waals surface area contributed by atoms with Crippen molar-refractivity contribution < 1.29 is 41.8 Å². The van der Waals surface area contributed by atoms with Crippen LogP contribution in [-0.4, -0.2) is 171 Å². The maximum atomic E-state index is 15.1. The monoisotopic (exact) mass is 1020 g/mol. The molecule has 1 saturated carbocycles. The third kappa shape index (κ3) is 11.2. The van der Waals surface area contributed by atoms with Crippen molar-refractivity contribution in [2.45, 2.75) is 135 Å². The Bertz CT molecular complexity index is 2500. The van der Waals surface area contributed by atoms with Crippen molar-refractivity contribution in [3.05, 3.63) is 41.7 Å². The molecule has 3 aromatic rings. The van der Waals surface area contributed by atoms with Gasteiger partial charge in [-0.2, -0.15) is 13.2 Å². The number of hydrogen-bond donors (Lipinski definition) is 3. The van der Waals surface area contributed by atoms with Gasteiger partial charge in [0.25, 0.3) is 5.91 Å². The van der Waals surface area contributed by atoms with Crippen molar-refractivity contribution >= 4 is 40.1 Å². The zero-order chi connectivity index (χ0) is 51.4. The summed E-state index contributed by atoms with van der Waals surface area (Å²) in [5, 5.41) is 8.85. The van der Waals surface area contributed by atoms with E-state index in [1.807, 2.05) is 59.0 Å². The number of alkyl halides is 3. The van der Waals surface area contributed by atoms with E-state index in [0.717, 1.165) is 76.6 Å². The molecule has 10 rings (SSSR count). The number of hydrazine groups is 1. The quantitative estimate of drug-likeness (QED) is 0.215. The molecule has 2 amide bonds. The van der Waals surface area contributed by atoms with Crippen LogP contribution in [0.15, 0.2) is 30.5 Å². The van der Waals surface area contributed by atoms with Gasteiger partial charge in [0.1, 0.15) is 18.6 Å². The van der Waals surface area contributed by atoms with Crippen molar-refractivity contribution in [2.75, 3.05) is 102 Å². The van der Waals surface area contributed by atoms with Gasteiger partial charge in [0.15, 0.2) is 0 Å². The minimum absolute atomic E-state index is 0.0222. The first-order valence-corrected chi connectivity index (χ1v) is 27.0. The molecule has 8 heterocycles. The summed E-state index contributed by atoms with van der Waals surface area (Å²) < 4.78 is 65.3. The Labute approximate surface area is 427 Å². The number of carbonyl (C=O) groups is 3. The number of pyridine rings is 1. The molecule has 0 radical (unpaired) electrons. The van der Waals surface area contributed by atoms with E-state index in [2.05, 4.69) is 35.7 Å². The van der Waals surface area contributed by atoms with Crippen LogP contribution in [0.5, 0.6) is 0 Å². The number of ether oxygens (including phenoxy) is 3. The van der Waals surface area contributed by atoms with E-state index in [4.69, 9.17) is 19.2 Å². The van der Waals surface area contributed by atoms with E-state index < -0.39 is 54.4 Å². The number of amides is 2. The second-order valence-corrected chi connectivity index (χ2v) is 23.3. The van der Waals surface area contributed by atoms with E-state index in [-0.39, 0.29) is 42.6 Å². The molecular weight excluding hydrogens is 942 g/mol.